The smallest absolute Gasteiger partial charge is 0.151 e. The number of rotatable bonds is 3. The van der Waals surface area contributed by atoms with Crippen molar-refractivity contribution in [2.45, 2.75) is 16.3 Å². The molecule has 0 heterocycles. The molecule has 3 aromatic carbocycles. The van der Waals surface area contributed by atoms with Crippen molar-refractivity contribution in [3.05, 3.63) is 70.5 Å². The van der Waals surface area contributed by atoms with Crippen molar-refractivity contribution in [1.82, 2.24) is 0 Å². The molecular formula is C17H13BrFNS. The molecule has 0 fully saturated rings. The van der Waals surface area contributed by atoms with E-state index in [1.165, 1.54) is 17.1 Å². The molecule has 0 spiro atoms. The molecule has 0 aromatic heterocycles. The third-order valence-electron chi connectivity index (χ3n) is 3.30. The van der Waals surface area contributed by atoms with E-state index < -0.39 is 0 Å². The minimum Gasteiger partial charge on any atom is -0.326 e. The second kappa shape index (κ2) is 6.18. The Morgan fingerprint density at radius 3 is 2.52 bits per heavy atom. The number of benzene rings is 3. The van der Waals surface area contributed by atoms with Crippen molar-refractivity contribution in [1.29, 1.82) is 0 Å². The number of hydrogen-bond donors (Lipinski definition) is 1. The Bertz CT molecular complexity index is 804. The second-order valence-corrected chi connectivity index (χ2v) is 6.57. The lowest BCUT2D eigenvalue weighted by molar-refractivity contribution is 0.592. The Morgan fingerprint density at radius 1 is 1.00 bits per heavy atom. The van der Waals surface area contributed by atoms with Gasteiger partial charge in [0.25, 0.3) is 0 Å². The zero-order valence-corrected chi connectivity index (χ0v) is 13.5. The summed E-state index contributed by atoms with van der Waals surface area (Å²) >= 11 is 4.69. The predicted octanol–water partition coefficient (Wildman–Crippen LogP) is 5.35. The van der Waals surface area contributed by atoms with Gasteiger partial charge in [0.15, 0.2) is 5.82 Å². The van der Waals surface area contributed by atoms with Crippen LogP contribution in [0.2, 0.25) is 0 Å². The van der Waals surface area contributed by atoms with Gasteiger partial charge in [0.05, 0.1) is 4.47 Å². The molecule has 2 N–H and O–H groups in total. The Balaban J connectivity index is 1.96. The standard InChI is InChI=1S/C17H13BrFNS/c18-16-13(10-20)6-8-15(17(16)19)21-14-7-5-11-3-1-2-4-12(11)9-14/h1-9H,10,20H2. The molecule has 106 valence electrons. The highest BCUT2D eigenvalue weighted by Crippen LogP contribution is 2.35. The van der Waals surface area contributed by atoms with Crippen LogP contribution in [-0.2, 0) is 6.54 Å². The molecular weight excluding hydrogens is 349 g/mol. The molecule has 0 aliphatic rings. The van der Waals surface area contributed by atoms with E-state index >= 15 is 0 Å². The summed E-state index contributed by atoms with van der Waals surface area (Å²) in [7, 11) is 0. The molecule has 0 bridgehead atoms. The van der Waals surface area contributed by atoms with E-state index in [1.54, 1.807) is 6.07 Å². The summed E-state index contributed by atoms with van der Waals surface area (Å²) in [6.07, 6.45) is 0. The van der Waals surface area contributed by atoms with E-state index in [9.17, 15) is 4.39 Å². The molecule has 3 rings (SSSR count). The van der Waals surface area contributed by atoms with Gasteiger partial charge in [-0.05, 0) is 50.5 Å². The highest BCUT2D eigenvalue weighted by atomic mass is 79.9. The molecule has 0 atom stereocenters. The quantitative estimate of drug-likeness (QED) is 0.680. The van der Waals surface area contributed by atoms with Crippen LogP contribution >= 0.6 is 27.7 Å². The lowest BCUT2D eigenvalue weighted by Gasteiger charge is -2.09. The SMILES string of the molecule is NCc1ccc(Sc2ccc3ccccc3c2)c(F)c1Br. The summed E-state index contributed by atoms with van der Waals surface area (Å²) in [6, 6.07) is 17.9. The van der Waals surface area contributed by atoms with Crippen molar-refractivity contribution < 1.29 is 4.39 Å². The molecule has 0 aliphatic heterocycles. The minimum atomic E-state index is -0.254. The van der Waals surface area contributed by atoms with Crippen LogP contribution in [0, 0.1) is 5.82 Å². The van der Waals surface area contributed by atoms with Gasteiger partial charge in [0.2, 0.25) is 0 Å². The number of nitrogens with two attached hydrogens (primary N) is 1. The van der Waals surface area contributed by atoms with E-state index in [1.807, 2.05) is 24.3 Å². The zero-order chi connectivity index (χ0) is 14.8. The van der Waals surface area contributed by atoms with Gasteiger partial charge in [0, 0.05) is 16.3 Å². The van der Waals surface area contributed by atoms with Gasteiger partial charge >= 0.3 is 0 Å². The van der Waals surface area contributed by atoms with Crippen molar-refractivity contribution >= 4 is 38.5 Å². The van der Waals surface area contributed by atoms with Crippen LogP contribution < -0.4 is 5.73 Å². The number of fused-ring (bicyclic) bond motifs is 1. The van der Waals surface area contributed by atoms with Crippen LogP contribution in [0.25, 0.3) is 10.8 Å². The summed E-state index contributed by atoms with van der Waals surface area (Å²) in [6.45, 7) is 0.318. The minimum absolute atomic E-state index is 0.254. The zero-order valence-electron chi connectivity index (χ0n) is 11.1. The number of hydrogen-bond acceptors (Lipinski definition) is 2. The van der Waals surface area contributed by atoms with E-state index in [0.29, 0.717) is 15.9 Å². The number of halogens is 2. The normalized spacial score (nSPS) is 11.0. The van der Waals surface area contributed by atoms with Crippen molar-refractivity contribution in [2.24, 2.45) is 5.73 Å². The summed E-state index contributed by atoms with van der Waals surface area (Å²) in [5, 5.41) is 2.34. The van der Waals surface area contributed by atoms with E-state index in [0.717, 1.165) is 15.8 Å². The van der Waals surface area contributed by atoms with Crippen LogP contribution in [0.5, 0.6) is 0 Å². The third kappa shape index (κ3) is 2.98. The fourth-order valence-corrected chi connectivity index (χ4v) is 3.71. The molecule has 3 aromatic rings. The molecule has 4 heteroatoms. The Kier molecular flexibility index (Phi) is 4.29. The first-order chi connectivity index (χ1) is 10.2. The van der Waals surface area contributed by atoms with Crippen LogP contribution in [0.1, 0.15) is 5.56 Å². The predicted molar refractivity (Wildman–Crippen MR) is 90.1 cm³/mol. The van der Waals surface area contributed by atoms with Crippen LogP contribution in [-0.4, -0.2) is 0 Å². The van der Waals surface area contributed by atoms with Gasteiger partial charge in [0.1, 0.15) is 0 Å². The Morgan fingerprint density at radius 2 is 1.76 bits per heavy atom. The molecule has 0 unspecified atom stereocenters. The highest BCUT2D eigenvalue weighted by molar-refractivity contribution is 9.10. The highest BCUT2D eigenvalue weighted by Gasteiger charge is 2.11. The summed E-state index contributed by atoms with van der Waals surface area (Å²) in [4.78, 5) is 1.61. The first-order valence-corrected chi connectivity index (χ1v) is 8.13. The van der Waals surface area contributed by atoms with Gasteiger partial charge in [-0.1, -0.05) is 48.2 Å². The van der Waals surface area contributed by atoms with Gasteiger partial charge < -0.3 is 5.73 Å². The van der Waals surface area contributed by atoms with Crippen LogP contribution in [0.15, 0.2) is 68.9 Å². The average molecular weight is 362 g/mol. The lowest BCUT2D eigenvalue weighted by Crippen LogP contribution is -1.99. The van der Waals surface area contributed by atoms with Gasteiger partial charge in [-0.15, -0.1) is 0 Å². The third-order valence-corrected chi connectivity index (χ3v) is 5.18. The van der Waals surface area contributed by atoms with Gasteiger partial charge in [-0.3, -0.25) is 0 Å². The first kappa shape index (κ1) is 14.6. The maximum absolute atomic E-state index is 14.3. The summed E-state index contributed by atoms with van der Waals surface area (Å²) in [5.41, 5.74) is 6.35. The maximum Gasteiger partial charge on any atom is 0.151 e. The summed E-state index contributed by atoms with van der Waals surface area (Å²) < 4.78 is 14.8. The van der Waals surface area contributed by atoms with Gasteiger partial charge in [-0.25, -0.2) is 4.39 Å². The van der Waals surface area contributed by atoms with Gasteiger partial charge in [-0.2, -0.15) is 0 Å². The van der Waals surface area contributed by atoms with Crippen molar-refractivity contribution in [3.8, 4) is 0 Å². The van der Waals surface area contributed by atoms with Crippen molar-refractivity contribution in [2.75, 3.05) is 0 Å². The first-order valence-electron chi connectivity index (χ1n) is 6.52. The topological polar surface area (TPSA) is 26.0 Å². The average Bonchev–Trinajstić information content (AvgIpc) is 2.52. The molecule has 21 heavy (non-hydrogen) atoms. The lowest BCUT2D eigenvalue weighted by atomic mass is 10.1. The maximum atomic E-state index is 14.3. The molecule has 1 nitrogen and oxygen atoms in total. The largest absolute Gasteiger partial charge is 0.326 e. The Hall–Kier alpha value is -1.36. The van der Waals surface area contributed by atoms with E-state index in [2.05, 4.69) is 40.2 Å². The van der Waals surface area contributed by atoms with E-state index in [-0.39, 0.29) is 5.82 Å². The molecule has 0 saturated heterocycles. The summed E-state index contributed by atoms with van der Waals surface area (Å²) in [5.74, 6) is -0.254. The fourth-order valence-electron chi connectivity index (χ4n) is 2.17. The monoisotopic (exact) mass is 361 g/mol. The fraction of sp³-hybridized carbons (Fsp3) is 0.0588. The van der Waals surface area contributed by atoms with Crippen molar-refractivity contribution in [3.63, 3.8) is 0 Å². The van der Waals surface area contributed by atoms with Crippen LogP contribution in [0.3, 0.4) is 0 Å². The van der Waals surface area contributed by atoms with E-state index in [4.69, 9.17) is 5.73 Å². The molecule has 0 aliphatic carbocycles. The van der Waals surface area contributed by atoms with Crippen LogP contribution in [0.4, 0.5) is 4.39 Å². The second-order valence-electron chi connectivity index (χ2n) is 4.67. The molecule has 0 radical (unpaired) electrons. The molecule has 0 amide bonds. The Labute approximate surface area is 135 Å². The molecule has 0 saturated carbocycles.